The van der Waals surface area contributed by atoms with Crippen molar-refractivity contribution < 1.29 is 19.1 Å². The molecule has 0 saturated heterocycles. The lowest BCUT2D eigenvalue weighted by molar-refractivity contribution is -0.120. The summed E-state index contributed by atoms with van der Waals surface area (Å²) in [6, 6.07) is 8.76. The van der Waals surface area contributed by atoms with Crippen LogP contribution in [0.25, 0.3) is 0 Å². The van der Waals surface area contributed by atoms with Gasteiger partial charge in [-0.25, -0.2) is 0 Å². The van der Waals surface area contributed by atoms with Crippen molar-refractivity contribution in [1.82, 2.24) is 0 Å². The lowest BCUT2D eigenvalue weighted by Crippen LogP contribution is -2.36. The van der Waals surface area contributed by atoms with Crippen LogP contribution in [-0.2, 0) is 9.59 Å². The van der Waals surface area contributed by atoms with Crippen LogP contribution >= 0.6 is 11.6 Å². The summed E-state index contributed by atoms with van der Waals surface area (Å²) in [7, 11) is 2.96. The second-order valence-electron chi connectivity index (χ2n) is 6.11. The van der Waals surface area contributed by atoms with Crippen molar-refractivity contribution >= 4 is 34.8 Å². The third-order valence-electron chi connectivity index (χ3n) is 4.23. The maximum absolute atomic E-state index is 12.6. The Labute approximate surface area is 164 Å². The molecular weight excluding hydrogens is 368 g/mol. The van der Waals surface area contributed by atoms with Gasteiger partial charge in [-0.15, -0.1) is 0 Å². The molecule has 0 aliphatic heterocycles. The number of anilines is 2. The fourth-order valence-electron chi connectivity index (χ4n) is 2.57. The Hall–Kier alpha value is -2.73. The zero-order valence-electron chi connectivity index (χ0n) is 16.1. The van der Waals surface area contributed by atoms with E-state index in [-0.39, 0.29) is 18.4 Å². The summed E-state index contributed by atoms with van der Waals surface area (Å²) in [6.45, 7) is 5.24. The van der Waals surface area contributed by atoms with Gasteiger partial charge in [0.2, 0.25) is 11.8 Å². The van der Waals surface area contributed by atoms with Crippen LogP contribution in [0, 0.1) is 13.8 Å². The topological polar surface area (TPSA) is 67.9 Å². The van der Waals surface area contributed by atoms with Crippen LogP contribution in [0.5, 0.6) is 11.5 Å². The molecule has 2 rings (SSSR count). The summed E-state index contributed by atoms with van der Waals surface area (Å²) in [5.74, 6) is 0.209. The molecule has 2 aromatic carbocycles. The third-order valence-corrected chi connectivity index (χ3v) is 4.53. The fourth-order valence-corrected chi connectivity index (χ4v) is 2.80. The molecule has 0 aliphatic rings. The van der Waals surface area contributed by atoms with Gasteiger partial charge in [-0.1, -0.05) is 17.7 Å². The monoisotopic (exact) mass is 390 g/mol. The van der Waals surface area contributed by atoms with Gasteiger partial charge in [0.1, 0.15) is 18.0 Å². The molecular formula is C20H23ClN2O4. The number of amides is 2. The van der Waals surface area contributed by atoms with Crippen molar-refractivity contribution in [1.29, 1.82) is 0 Å². The van der Waals surface area contributed by atoms with Crippen molar-refractivity contribution in [2.45, 2.75) is 20.8 Å². The molecule has 0 fully saturated rings. The molecule has 0 aliphatic carbocycles. The van der Waals surface area contributed by atoms with Gasteiger partial charge < -0.3 is 19.7 Å². The Morgan fingerprint density at radius 1 is 1.04 bits per heavy atom. The Morgan fingerprint density at radius 2 is 1.70 bits per heavy atom. The Bertz CT molecular complexity index is 867. The number of hydrogen-bond donors (Lipinski definition) is 1. The van der Waals surface area contributed by atoms with Gasteiger partial charge >= 0.3 is 0 Å². The summed E-state index contributed by atoms with van der Waals surface area (Å²) in [4.78, 5) is 26.1. The van der Waals surface area contributed by atoms with Crippen LogP contribution in [-0.4, -0.2) is 32.6 Å². The van der Waals surface area contributed by atoms with E-state index in [2.05, 4.69) is 5.32 Å². The molecule has 2 amide bonds. The first kappa shape index (κ1) is 20.6. The first-order valence-electron chi connectivity index (χ1n) is 8.33. The number of rotatable bonds is 6. The number of aryl methyl sites for hydroxylation is 2. The predicted molar refractivity (Wildman–Crippen MR) is 107 cm³/mol. The first-order valence-corrected chi connectivity index (χ1v) is 8.71. The van der Waals surface area contributed by atoms with Gasteiger partial charge in [0, 0.05) is 24.7 Å². The van der Waals surface area contributed by atoms with E-state index >= 15 is 0 Å². The highest BCUT2D eigenvalue weighted by Crippen LogP contribution is 2.35. The van der Waals surface area contributed by atoms with E-state index in [0.29, 0.717) is 27.9 Å². The number of nitrogens with one attached hydrogen (secondary N) is 1. The number of nitrogens with zero attached hydrogens (tertiary/aromatic N) is 1. The quantitative estimate of drug-likeness (QED) is 0.810. The van der Waals surface area contributed by atoms with Crippen molar-refractivity contribution in [3.63, 3.8) is 0 Å². The van der Waals surface area contributed by atoms with Crippen molar-refractivity contribution in [3.05, 3.63) is 46.5 Å². The lowest BCUT2D eigenvalue weighted by atomic mass is 10.1. The summed E-state index contributed by atoms with van der Waals surface area (Å²) in [6.07, 6.45) is 0. The standard InChI is InChI=1S/C20H23ClN2O4/c1-12-6-7-15(8-13(12)2)23(14(3)24)11-20(25)22-17-10-18(26-4)16(21)9-19(17)27-5/h6-10H,11H2,1-5H3,(H,22,25). The van der Waals surface area contributed by atoms with Crippen LogP contribution in [0.3, 0.4) is 0 Å². The molecule has 2 aromatic rings. The van der Waals surface area contributed by atoms with E-state index in [1.54, 1.807) is 12.1 Å². The number of methoxy groups -OCH3 is 2. The average molecular weight is 391 g/mol. The van der Waals surface area contributed by atoms with Gasteiger partial charge in [0.25, 0.3) is 0 Å². The van der Waals surface area contributed by atoms with Crippen molar-refractivity contribution in [2.24, 2.45) is 0 Å². The molecule has 144 valence electrons. The minimum absolute atomic E-state index is 0.133. The second kappa shape index (κ2) is 8.77. The van der Waals surface area contributed by atoms with Gasteiger partial charge in [0.05, 0.1) is 24.9 Å². The summed E-state index contributed by atoms with van der Waals surface area (Å²) in [5.41, 5.74) is 3.24. The third kappa shape index (κ3) is 4.92. The van der Waals surface area contributed by atoms with Crippen LogP contribution in [0.15, 0.2) is 30.3 Å². The number of carbonyl (C=O) groups excluding carboxylic acids is 2. The molecule has 6 nitrogen and oxygen atoms in total. The SMILES string of the molecule is COc1cc(NC(=O)CN(C(C)=O)c2ccc(C)c(C)c2)c(OC)cc1Cl. The summed E-state index contributed by atoms with van der Waals surface area (Å²) in [5, 5.41) is 3.12. The highest BCUT2D eigenvalue weighted by atomic mass is 35.5. The van der Waals surface area contributed by atoms with E-state index in [0.717, 1.165) is 11.1 Å². The van der Waals surface area contributed by atoms with Gasteiger partial charge in [0.15, 0.2) is 0 Å². The number of ether oxygens (including phenoxy) is 2. The molecule has 0 bridgehead atoms. The molecule has 0 aromatic heterocycles. The number of hydrogen-bond acceptors (Lipinski definition) is 4. The Morgan fingerprint density at radius 3 is 2.26 bits per heavy atom. The van der Waals surface area contributed by atoms with E-state index in [1.165, 1.54) is 26.0 Å². The molecule has 27 heavy (non-hydrogen) atoms. The lowest BCUT2D eigenvalue weighted by Gasteiger charge is -2.22. The van der Waals surface area contributed by atoms with Crippen LogP contribution < -0.4 is 19.7 Å². The zero-order valence-corrected chi connectivity index (χ0v) is 16.8. The van der Waals surface area contributed by atoms with Crippen LogP contribution in [0.4, 0.5) is 11.4 Å². The second-order valence-corrected chi connectivity index (χ2v) is 6.52. The predicted octanol–water partition coefficient (Wildman–Crippen LogP) is 3.97. The van der Waals surface area contributed by atoms with Crippen LogP contribution in [0.1, 0.15) is 18.1 Å². The summed E-state index contributed by atoms with van der Waals surface area (Å²) < 4.78 is 10.4. The maximum atomic E-state index is 12.6. The number of carbonyl (C=O) groups is 2. The summed E-state index contributed by atoms with van der Waals surface area (Å²) >= 11 is 6.08. The highest BCUT2D eigenvalue weighted by molar-refractivity contribution is 6.32. The Balaban J connectivity index is 2.24. The van der Waals surface area contributed by atoms with Gasteiger partial charge in [-0.2, -0.15) is 0 Å². The first-order chi connectivity index (χ1) is 12.8. The fraction of sp³-hybridized carbons (Fsp3) is 0.300. The molecule has 0 spiro atoms. The minimum atomic E-state index is -0.369. The number of benzene rings is 2. The molecule has 0 saturated carbocycles. The zero-order chi connectivity index (χ0) is 20.1. The van der Waals surface area contributed by atoms with E-state index < -0.39 is 0 Å². The average Bonchev–Trinajstić information content (AvgIpc) is 2.63. The molecule has 0 radical (unpaired) electrons. The van der Waals surface area contributed by atoms with Gasteiger partial charge in [-0.05, 0) is 37.1 Å². The molecule has 0 unspecified atom stereocenters. The Kier molecular flexibility index (Phi) is 6.69. The highest BCUT2D eigenvalue weighted by Gasteiger charge is 2.18. The molecule has 1 N–H and O–H groups in total. The van der Waals surface area contributed by atoms with E-state index in [4.69, 9.17) is 21.1 Å². The molecule has 7 heteroatoms. The number of halogens is 1. The molecule has 0 atom stereocenters. The largest absolute Gasteiger partial charge is 0.495 e. The van der Waals surface area contributed by atoms with Crippen molar-refractivity contribution in [2.75, 3.05) is 31.0 Å². The van der Waals surface area contributed by atoms with E-state index in [9.17, 15) is 9.59 Å². The van der Waals surface area contributed by atoms with Gasteiger partial charge in [-0.3, -0.25) is 9.59 Å². The van der Waals surface area contributed by atoms with Crippen LogP contribution in [0.2, 0.25) is 5.02 Å². The smallest absolute Gasteiger partial charge is 0.244 e. The van der Waals surface area contributed by atoms with Crippen molar-refractivity contribution in [3.8, 4) is 11.5 Å². The maximum Gasteiger partial charge on any atom is 0.244 e. The van der Waals surface area contributed by atoms with E-state index in [1.807, 2.05) is 32.0 Å². The molecule has 0 heterocycles. The normalized spacial score (nSPS) is 10.3. The minimum Gasteiger partial charge on any atom is -0.495 e.